The highest BCUT2D eigenvalue weighted by Gasteiger charge is 2.32. The number of rotatable bonds is 4. The van der Waals surface area contributed by atoms with Gasteiger partial charge in [-0.3, -0.25) is 4.98 Å². The highest BCUT2D eigenvalue weighted by atomic mass is 15.2. The van der Waals surface area contributed by atoms with Gasteiger partial charge in [0.25, 0.3) is 0 Å². The third-order valence-electron chi connectivity index (χ3n) is 5.07. The van der Waals surface area contributed by atoms with Crippen molar-refractivity contribution in [3.05, 3.63) is 29.2 Å². The molecule has 1 unspecified atom stereocenters. The van der Waals surface area contributed by atoms with Gasteiger partial charge in [0.15, 0.2) is 5.82 Å². The first-order chi connectivity index (χ1) is 11.8. The fourth-order valence-electron chi connectivity index (χ4n) is 3.48. The summed E-state index contributed by atoms with van der Waals surface area (Å²) in [5.41, 5.74) is 5.12. The molecule has 0 aromatic carbocycles. The number of fused-ring (bicyclic) bond motifs is 1. The molecule has 0 radical (unpaired) electrons. The molecule has 3 rings (SSSR count). The van der Waals surface area contributed by atoms with Crippen LogP contribution >= 0.6 is 0 Å². The summed E-state index contributed by atoms with van der Waals surface area (Å²) < 4.78 is 0. The zero-order valence-corrected chi connectivity index (χ0v) is 16.4. The molecule has 0 bridgehead atoms. The minimum absolute atomic E-state index is 0.395. The third kappa shape index (κ3) is 3.08. The van der Waals surface area contributed by atoms with Crippen LogP contribution in [0.5, 0.6) is 0 Å². The van der Waals surface area contributed by atoms with Crippen LogP contribution in [0.25, 0.3) is 11.3 Å². The molecular weight excluding hydrogens is 310 g/mol. The Morgan fingerprint density at radius 3 is 2.44 bits per heavy atom. The Kier molecular flexibility index (Phi) is 4.67. The van der Waals surface area contributed by atoms with Gasteiger partial charge < -0.3 is 10.2 Å². The number of anilines is 2. The monoisotopic (exact) mass is 339 g/mol. The Morgan fingerprint density at radius 2 is 1.84 bits per heavy atom. The summed E-state index contributed by atoms with van der Waals surface area (Å²) in [6.07, 6.45) is 0. The highest BCUT2D eigenvalue weighted by Crippen LogP contribution is 2.39. The van der Waals surface area contributed by atoms with Crippen molar-refractivity contribution in [3.63, 3.8) is 0 Å². The van der Waals surface area contributed by atoms with Crippen LogP contribution in [0.1, 0.15) is 56.6 Å². The topological polar surface area (TPSA) is 53.9 Å². The van der Waals surface area contributed by atoms with Crippen LogP contribution < -0.4 is 10.2 Å². The second-order valence-electron chi connectivity index (χ2n) is 7.63. The average molecular weight is 339 g/mol. The number of likely N-dealkylation sites (N-methyl/N-ethyl adjacent to an activating group) is 1. The van der Waals surface area contributed by atoms with E-state index in [1.165, 1.54) is 0 Å². The van der Waals surface area contributed by atoms with Crippen molar-refractivity contribution < 1.29 is 0 Å². The lowest BCUT2D eigenvalue weighted by Crippen LogP contribution is -2.18. The van der Waals surface area contributed by atoms with E-state index in [0.717, 1.165) is 46.5 Å². The van der Waals surface area contributed by atoms with Crippen molar-refractivity contribution >= 4 is 11.6 Å². The molecule has 134 valence electrons. The van der Waals surface area contributed by atoms with Crippen molar-refractivity contribution in [2.45, 2.75) is 46.5 Å². The van der Waals surface area contributed by atoms with Crippen molar-refractivity contribution in [1.82, 2.24) is 15.0 Å². The lowest BCUT2D eigenvalue weighted by atomic mass is 9.94. The quantitative estimate of drug-likeness (QED) is 0.904. The lowest BCUT2D eigenvalue weighted by molar-refractivity contribution is 0.512. The summed E-state index contributed by atoms with van der Waals surface area (Å²) in [5, 5.41) is 3.23. The molecule has 2 aromatic rings. The fourth-order valence-corrected chi connectivity index (χ4v) is 3.48. The summed E-state index contributed by atoms with van der Waals surface area (Å²) in [6.45, 7) is 11.9. The normalized spacial score (nSPS) is 16.7. The predicted octanol–water partition coefficient (Wildman–Crippen LogP) is 4.20. The molecule has 0 fully saturated rings. The number of aromatic nitrogens is 3. The lowest BCUT2D eigenvalue weighted by Gasteiger charge is -2.16. The summed E-state index contributed by atoms with van der Waals surface area (Å²) >= 11 is 0. The highest BCUT2D eigenvalue weighted by molar-refractivity contribution is 5.75. The van der Waals surface area contributed by atoms with Crippen LogP contribution in [-0.2, 0) is 0 Å². The third-order valence-corrected chi connectivity index (χ3v) is 5.07. The van der Waals surface area contributed by atoms with Gasteiger partial charge in [-0.1, -0.05) is 27.7 Å². The first-order valence-electron chi connectivity index (χ1n) is 9.12. The first-order valence-corrected chi connectivity index (χ1v) is 9.12. The van der Waals surface area contributed by atoms with Crippen LogP contribution in [0, 0.1) is 12.8 Å². The molecule has 0 spiro atoms. The smallest absolute Gasteiger partial charge is 0.151 e. The Bertz CT molecular complexity index is 782. The van der Waals surface area contributed by atoms with E-state index in [-0.39, 0.29) is 0 Å². The Morgan fingerprint density at radius 1 is 1.12 bits per heavy atom. The maximum Gasteiger partial charge on any atom is 0.151 e. The Labute approximate surface area is 150 Å². The second-order valence-corrected chi connectivity index (χ2v) is 7.63. The van der Waals surface area contributed by atoms with Gasteiger partial charge in [-0.05, 0) is 30.9 Å². The zero-order valence-electron chi connectivity index (χ0n) is 16.4. The Balaban J connectivity index is 2.12. The van der Waals surface area contributed by atoms with Crippen LogP contribution in [0.3, 0.4) is 0 Å². The van der Waals surface area contributed by atoms with Crippen LogP contribution in [0.2, 0.25) is 0 Å². The molecule has 5 nitrogen and oxygen atoms in total. The molecular formula is C20H29N5. The molecule has 1 aliphatic rings. The van der Waals surface area contributed by atoms with Crippen molar-refractivity contribution in [1.29, 1.82) is 0 Å². The molecule has 0 aliphatic carbocycles. The van der Waals surface area contributed by atoms with Gasteiger partial charge in [0.05, 0.1) is 17.1 Å². The molecule has 1 atom stereocenters. The molecule has 0 amide bonds. The standard InChI is InChI=1S/C20H29N5/c1-11(2)15-10-25(7)20-18(15)22-13(5)17(24-20)14-8-9-16(12(3)4)23-19(14)21-6/h8-9,11-12,15H,10H2,1-7H3,(H,21,23). The van der Waals surface area contributed by atoms with E-state index in [4.69, 9.17) is 15.0 Å². The van der Waals surface area contributed by atoms with E-state index in [0.29, 0.717) is 17.8 Å². The number of aryl methyl sites for hydroxylation is 1. The van der Waals surface area contributed by atoms with Crippen LogP contribution in [0.4, 0.5) is 11.6 Å². The predicted molar refractivity (Wildman–Crippen MR) is 104 cm³/mol. The first kappa shape index (κ1) is 17.6. The molecule has 2 aromatic heterocycles. The van der Waals surface area contributed by atoms with Gasteiger partial charge in [0, 0.05) is 37.8 Å². The van der Waals surface area contributed by atoms with E-state index >= 15 is 0 Å². The summed E-state index contributed by atoms with van der Waals surface area (Å²) in [5.74, 6) is 3.28. The number of hydrogen-bond acceptors (Lipinski definition) is 5. The van der Waals surface area contributed by atoms with Gasteiger partial charge in [0.1, 0.15) is 5.82 Å². The van der Waals surface area contributed by atoms with Crippen molar-refractivity contribution in [2.75, 3.05) is 30.9 Å². The molecule has 0 saturated carbocycles. The largest absolute Gasteiger partial charge is 0.373 e. The average Bonchev–Trinajstić information content (AvgIpc) is 2.89. The minimum Gasteiger partial charge on any atom is -0.373 e. The maximum atomic E-state index is 5.00. The molecule has 5 heteroatoms. The van der Waals surface area contributed by atoms with E-state index in [2.05, 4.69) is 57.1 Å². The van der Waals surface area contributed by atoms with Crippen molar-refractivity contribution in [3.8, 4) is 11.3 Å². The summed E-state index contributed by atoms with van der Waals surface area (Å²) in [6, 6.07) is 4.21. The van der Waals surface area contributed by atoms with Gasteiger partial charge in [-0.25, -0.2) is 9.97 Å². The number of hydrogen-bond donors (Lipinski definition) is 1. The fraction of sp³-hybridized carbons (Fsp3) is 0.550. The van der Waals surface area contributed by atoms with Crippen LogP contribution in [-0.4, -0.2) is 35.6 Å². The molecule has 3 heterocycles. The Hall–Kier alpha value is -2.17. The molecule has 25 heavy (non-hydrogen) atoms. The number of nitrogens with zero attached hydrogens (tertiary/aromatic N) is 4. The van der Waals surface area contributed by atoms with E-state index in [1.807, 2.05) is 14.0 Å². The van der Waals surface area contributed by atoms with Gasteiger partial charge >= 0.3 is 0 Å². The van der Waals surface area contributed by atoms with Gasteiger partial charge in [-0.2, -0.15) is 0 Å². The summed E-state index contributed by atoms with van der Waals surface area (Å²) in [4.78, 5) is 17.0. The van der Waals surface area contributed by atoms with Crippen LogP contribution in [0.15, 0.2) is 12.1 Å². The maximum absolute atomic E-state index is 5.00. The zero-order chi connectivity index (χ0) is 18.3. The minimum atomic E-state index is 0.395. The van der Waals surface area contributed by atoms with Crippen molar-refractivity contribution in [2.24, 2.45) is 5.92 Å². The SMILES string of the molecule is CNc1nc(C(C)C)ccc1-c1nc2c(nc1C)C(C(C)C)CN2C. The van der Waals surface area contributed by atoms with E-state index in [1.54, 1.807) is 0 Å². The van der Waals surface area contributed by atoms with E-state index in [9.17, 15) is 0 Å². The number of pyridine rings is 1. The molecule has 0 saturated heterocycles. The van der Waals surface area contributed by atoms with E-state index < -0.39 is 0 Å². The van der Waals surface area contributed by atoms with Gasteiger partial charge in [-0.15, -0.1) is 0 Å². The second kappa shape index (κ2) is 6.62. The molecule has 1 aliphatic heterocycles. The summed E-state index contributed by atoms with van der Waals surface area (Å²) in [7, 11) is 4.01. The number of nitrogens with one attached hydrogen (secondary N) is 1. The molecule has 1 N–H and O–H groups in total. The van der Waals surface area contributed by atoms with Gasteiger partial charge in [0.2, 0.25) is 0 Å².